The van der Waals surface area contributed by atoms with E-state index in [0.717, 1.165) is 32.4 Å². The summed E-state index contributed by atoms with van der Waals surface area (Å²) in [4.78, 5) is 15.5. The number of carboxylic acid groups (broad SMARTS) is 1. The first-order chi connectivity index (χ1) is 6.70. The molecule has 1 saturated heterocycles. The molecule has 2 atom stereocenters. The van der Waals surface area contributed by atoms with Crippen LogP contribution in [0.25, 0.3) is 0 Å². The van der Waals surface area contributed by atoms with Crippen molar-refractivity contribution in [3.63, 3.8) is 0 Å². The minimum atomic E-state index is -0.699. The molecule has 0 aromatic rings. The Hall–Kier alpha value is -0.610. The maximum Gasteiger partial charge on any atom is 0.303 e. The fourth-order valence-corrected chi connectivity index (χ4v) is 1.83. The summed E-state index contributed by atoms with van der Waals surface area (Å²) in [7, 11) is 0. The van der Waals surface area contributed by atoms with Crippen LogP contribution in [0.3, 0.4) is 0 Å². The first kappa shape index (κ1) is 11.5. The highest BCUT2D eigenvalue weighted by molar-refractivity contribution is 5.66. The van der Waals surface area contributed by atoms with Crippen LogP contribution in [-0.4, -0.2) is 24.2 Å². The number of rotatable bonds is 4. The van der Waals surface area contributed by atoms with Crippen LogP contribution in [0.2, 0.25) is 0 Å². The molecule has 4 nitrogen and oxygen atoms in total. The molecule has 1 rings (SSSR count). The molecule has 0 aliphatic carbocycles. The number of hydrogen-bond donors (Lipinski definition) is 2. The molecule has 2 unspecified atom stereocenters. The van der Waals surface area contributed by atoms with Gasteiger partial charge in [-0.05, 0) is 31.1 Å². The molecule has 0 spiro atoms. The van der Waals surface area contributed by atoms with Crippen LogP contribution < -0.4 is 5.48 Å². The van der Waals surface area contributed by atoms with Crippen molar-refractivity contribution < 1.29 is 14.7 Å². The summed E-state index contributed by atoms with van der Waals surface area (Å²) < 4.78 is 0. The summed E-state index contributed by atoms with van der Waals surface area (Å²) in [5.41, 5.74) is 2.92. The molecule has 0 saturated carbocycles. The lowest BCUT2D eigenvalue weighted by atomic mass is 9.87. The van der Waals surface area contributed by atoms with E-state index in [1.165, 1.54) is 0 Å². The molecule has 0 aromatic heterocycles. The topological polar surface area (TPSA) is 58.6 Å². The Morgan fingerprint density at radius 2 is 2.50 bits per heavy atom. The lowest BCUT2D eigenvalue weighted by molar-refractivity contribution is -0.137. The number of hydroxylamine groups is 1. The van der Waals surface area contributed by atoms with Crippen molar-refractivity contribution in [1.82, 2.24) is 5.48 Å². The summed E-state index contributed by atoms with van der Waals surface area (Å²) in [6.07, 6.45) is 3.24. The lowest BCUT2D eigenvalue weighted by Crippen LogP contribution is -2.24. The van der Waals surface area contributed by atoms with E-state index in [1.807, 2.05) is 0 Å². The standard InChI is InChI=1S/C10H19NO3/c1-8(4-5-10(12)13)9-3-2-6-14-11-7-9/h8-9,11H,2-7H2,1H3,(H,12,13). The quantitative estimate of drug-likeness (QED) is 0.722. The van der Waals surface area contributed by atoms with Gasteiger partial charge in [-0.3, -0.25) is 4.79 Å². The molecule has 0 amide bonds. The zero-order valence-corrected chi connectivity index (χ0v) is 8.66. The van der Waals surface area contributed by atoms with Gasteiger partial charge in [0.1, 0.15) is 0 Å². The molecule has 82 valence electrons. The van der Waals surface area contributed by atoms with Crippen LogP contribution in [0.15, 0.2) is 0 Å². The van der Waals surface area contributed by atoms with Gasteiger partial charge < -0.3 is 9.94 Å². The van der Waals surface area contributed by atoms with Crippen LogP contribution >= 0.6 is 0 Å². The zero-order valence-electron chi connectivity index (χ0n) is 8.66. The van der Waals surface area contributed by atoms with Crippen LogP contribution in [0, 0.1) is 11.8 Å². The van der Waals surface area contributed by atoms with Gasteiger partial charge in [-0.15, -0.1) is 0 Å². The van der Waals surface area contributed by atoms with Gasteiger partial charge in [0.25, 0.3) is 0 Å². The fraction of sp³-hybridized carbons (Fsp3) is 0.900. The first-order valence-electron chi connectivity index (χ1n) is 5.26. The minimum absolute atomic E-state index is 0.276. The number of aliphatic carboxylic acids is 1. The Bertz CT molecular complexity index is 176. The molecule has 0 radical (unpaired) electrons. The van der Waals surface area contributed by atoms with E-state index >= 15 is 0 Å². The molecular weight excluding hydrogens is 182 g/mol. The third-order valence-electron chi connectivity index (χ3n) is 2.89. The van der Waals surface area contributed by atoms with Gasteiger partial charge in [0, 0.05) is 13.0 Å². The van der Waals surface area contributed by atoms with Gasteiger partial charge in [-0.2, -0.15) is 0 Å². The van der Waals surface area contributed by atoms with Crippen molar-refractivity contribution in [2.75, 3.05) is 13.2 Å². The minimum Gasteiger partial charge on any atom is -0.481 e. The summed E-state index contributed by atoms with van der Waals surface area (Å²) in [6, 6.07) is 0. The van der Waals surface area contributed by atoms with Crippen LogP contribution in [-0.2, 0) is 9.63 Å². The highest BCUT2D eigenvalue weighted by Gasteiger charge is 2.19. The van der Waals surface area contributed by atoms with E-state index in [-0.39, 0.29) is 6.42 Å². The number of hydrogen-bond acceptors (Lipinski definition) is 3. The Morgan fingerprint density at radius 3 is 3.21 bits per heavy atom. The molecule has 0 bridgehead atoms. The van der Waals surface area contributed by atoms with Crippen molar-refractivity contribution in [3.8, 4) is 0 Å². The van der Waals surface area contributed by atoms with E-state index in [1.54, 1.807) is 0 Å². The molecule has 14 heavy (non-hydrogen) atoms. The van der Waals surface area contributed by atoms with Crippen molar-refractivity contribution >= 4 is 5.97 Å². The number of carbonyl (C=O) groups is 1. The van der Waals surface area contributed by atoms with E-state index < -0.39 is 5.97 Å². The Kier molecular flexibility index (Phi) is 4.90. The average molecular weight is 201 g/mol. The summed E-state index contributed by atoms with van der Waals surface area (Å²) >= 11 is 0. The Morgan fingerprint density at radius 1 is 1.71 bits per heavy atom. The highest BCUT2D eigenvalue weighted by Crippen LogP contribution is 2.22. The molecule has 2 N–H and O–H groups in total. The second-order valence-electron chi connectivity index (χ2n) is 4.01. The van der Waals surface area contributed by atoms with Gasteiger partial charge in [-0.25, -0.2) is 5.48 Å². The molecule has 1 aliphatic rings. The summed E-state index contributed by atoms with van der Waals surface area (Å²) in [5.74, 6) is 0.312. The predicted octanol–water partition coefficient (Wildman–Crippen LogP) is 1.42. The fourth-order valence-electron chi connectivity index (χ4n) is 1.83. The third-order valence-corrected chi connectivity index (χ3v) is 2.89. The number of nitrogens with one attached hydrogen (secondary N) is 1. The Labute approximate surface area is 84.6 Å². The van der Waals surface area contributed by atoms with Gasteiger partial charge >= 0.3 is 5.97 Å². The van der Waals surface area contributed by atoms with Gasteiger partial charge in [-0.1, -0.05) is 6.92 Å². The lowest BCUT2D eigenvalue weighted by Gasteiger charge is -2.20. The molecule has 4 heteroatoms. The highest BCUT2D eigenvalue weighted by atomic mass is 16.6. The predicted molar refractivity (Wildman–Crippen MR) is 52.7 cm³/mol. The average Bonchev–Trinajstić information content (AvgIpc) is 2.42. The van der Waals surface area contributed by atoms with Crippen molar-refractivity contribution in [2.45, 2.75) is 32.6 Å². The summed E-state index contributed by atoms with van der Waals surface area (Å²) in [6.45, 7) is 3.74. The van der Waals surface area contributed by atoms with Crippen molar-refractivity contribution in [3.05, 3.63) is 0 Å². The zero-order chi connectivity index (χ0) is 10.4. The van der Waals surface area contributed by atoms with Gasteiger partial charge in [0.05, 0.1) is 6.61 Å². The second-order valence-corrected chi connectivity index (χ2v) is 4.01. The Balaban J connectivity index is 2.26. The molecule has 1 fully saturated rings. The third kappa shape index (κ3) is 4.07. The SMILES string of the molecule is CC(CCC(=O)O)C1CCCONC1. The van der Waals surface area contributed by atoms with E-state index in [0.29, 0.717) is 11.8 Å². The normalized spacial score (nSPS) is 25.4. The van der Waals surface area contributed by atoms with Gasteiger partial charge in [0.2, 0.25) is 0 Å². The first-order valence-corrected chi connectivity index (χ1v) is 5.26. The van der Waals surface area contributed by atoms with Crippen LogP contribution in [0.4, 0.5) is 0 Å². The van der Waals surface area contributed by atoms with E-state index in [2.05, 4.69) is 12.4 Å². The van der Waals surface area contributed by atoms with Crippen LogP contribution in [0.5, 0.6) is 0 Å². The largest absolute Gasteiger partial charge is 0.481 e. The van der Waals surface area contributed by atoms with Crippen LogP contribution in [0.1, 0.15) is 32.6 Å². The molecule has 0 aromatic carbocycles. The van der Waals surface area contributed by atoms with E-state index in [4.69, 9.17) is 9.94 Å². The molecular formula is C10H19NO3. The monoisotopic (exact) mass is 201 g/mol. The smallest absolute Gasteiger partial charge is 0.303 e. The van der Waals surface area contributed by atoms with Crippen molar-refractivity contribution in [2.24, 2.45) is 11.8 Å². The maximum absolute atomic E-state index is 10.4. The summed E-state index contributed by atoms with van der Waals surface area (Å²) in [5, 5.41) is 8.58. The molecule has 1 heterocycles. The van der Waals surface area contributed by atoms with Gasteiger partial charge in [0.15, 0.2) is 0 Å². The van der Waals surface area contributed by atoms with Crippen molar-refractivity contribution in [1.29, 1.82) is 0 Å². The molecule has 1 aliphatic heterocycles. The second kappa shape index (κ2) is 5.98. The number of carboxylic acids is 1. The van der Waals surface area contributed by atoms with E-state index in [9.17, 15) is 4.79 Å². The maximum atomic E-state index is 10.4.